The molecule has 5 nitrogen and oxygen atoms in total. The lowest BCUT2D eigenvalue weighted by Gasteiger charge is -1.97. The summed E-state index contributed by atoms with van der Waals surface area (Å²) in [6, 6.07) is 4.97. The number of nitrogens with zero attached hydrogens (tertiary/aromatic N) is 1. The second kappa shape index (κ2) is 2.93. The van der Waals surface area contributed by atoms with Crippen LogP contribution in [0.2, 0.25) is 0 Å². The molecule has 0 atom stereocenters. The van der Waals surface area contributed by atoms with E-state index in [9.17, 15) is 10.1 Å². The summed E-state index contributed by atoms with van der Waals surface area (Å²) < 4.78 is 10.1. The zero-order chi connectivity index (χ0) is 9.26. The average molecular weight is 181 g/mol. The zero-order valence-electron chi connectivity index (χ0n) is 6.73. The van der Waals surface area contributed by atoms with Crippen molar-refractivity contribution in [3.8, 4) is 11.5 Å². The van der Waals surface area contributed by atoms with Crippen LogP contribution in [0.15, 0.2) is 18.2 Å². The average Bonchev–Trinajstić information content (AvgIpc) is 2.49. The summed E-state index contributed by atoms with van der Waals surface area (Å²) in [5, 5.41) is 10.2. The molecule has 0 unspecified atom stereocenters. The van der Waals surface area contributed by atoms with Gasteiger partial charge in [-0.05, 0) is 18.2 Å². The molecule has 0 amide bonds. The minimum absolute atomic E-state index is 0.184. The minimum atomic E-state index is -0.377. The number of ether oxygens (including phenoxy) is 2. The molecule has 0 saturated carbocycles. The molecule has 0 N–H and O–H groups in total. The maximum Gasteiger partial charge on any atom is 0.231 e. The second-order valence-corrected chi connectivity index (χ2v) is 2.68. The van der Waals surface area contributed by atoms with E-state index in [4.69, 9.17) is 9.47 Å². The highest BCUT2D eigenvalue weighted by molar-refractivity contribution is 5.44. The maximum absolute atomic E-state index is 10.2. The standard InChI is InChI=1S/C8H7NO4/c10-9(11)4-6-1-2-7-8(3-6)13-5-12-7/h1-3H,4-5H2. The van der Waals surface area contributed by atoms with Crippen molar-refractivity contribution >= 4 is 0 Å². The Morgan fingerprint density at radius 1 is 1.38 bits per heavy atom. The van der Waals surface area contributed by atoms with Crippen LogP contribution in [0.5, 0.6) is 11.5 Å². The van der Waals surface area contributed by atoms with Crippen molar-refractivity contribution in [2.24, 2.45) is 0 Å². The fourth-order valence-corrected chi connectivity index (χ4v) is 1.19. The van der Waals surface area contributed by atoms with Crippen molar-refractivity contribution < 1.29 is 14.4 Å². The highest BCUT2D eigenvalue weighted by Gasteiger charge is 2.14. The molecule has 5 heteroatoms. The van der Waals surface area contributed by atoms with Crippen molar-refractivity contribution in [3.05, 3.63) is 33.9 Å². The van der Waals surface area contributed by atoms with E-state index < -0.39 is 0 Å². The van der Waals surface area contributed by atoms with Crippen LogP contribution in [0.3, 0.4) is 0 Å². The van der Waals surface area contributed by atoms with E-state index in [0.717, 1.165) is 0 Å². The number of benzene rings is 1. The molecule has 13 heavy (non-hydrogen) atoms. The predicted molar refractivity (Wildman–Crippen MR) is 43.3 cm³/mol. The van der Waals surface area contributed by atoms with Gasteiger partial charge in [-0.1, -0.05) is 0 Å². The third kappa shape index (κ3) is 1.53. The molecule has 0 spiro atoms. The zero-order valence-corrected chi connectivity index (χ0v) is 6.73. The summed E-state index contributed by atoms with van der Waals surface area (Å²) in [6.45, 7) is 0.00783. The Hall–Kier alpha value is -1.78. The molecule has 1 heterocycles. The summed E-state index contributed by atoms with van der Waals surface area (Å²) >= 11 is 0. The van der Waals surface area contributed by atoms with Gasteiger partial charge in [0.15, 0.2) is 11.5 Å². The number of fused-ring (bicyclic) bond motifs is 1. The van der Waals surface area contributed by atoms with Crippen LogP contribution in [-0.4, -0.2) is 11.7 Å². The maximum atomic E-state index is 10.2. The summed E-state index contributed by atoms with van der Waals surface area (Å²) in [5.41, 5.74) is 0.620. The van der Waals surface area contributed by atoms with Crippen molar-refractivity contribution in [1.29, 1.82) is 0 Å². The Morgan fingerprint density at radius 2 is 2.15 bits per heavy atom. The lowest BCUT2D eigenvalue weighted by molar-refractivity contribution is -0.496. The first kappa shape index (κ1) is 7.85. The quantitative estimate of drug-likeness (QED) is 0.507. The first-order valence-corrected chi connectivity index (χ1v) is 3.76. The van der Waals surface area contributed by atoms with Gasteiger partial charge in [-0.15, -0.1) is 0 Å². The summed E-state index contributed by atoms with van der Waals surface area (Å²) in [4.78, 5) is 9.82. The predicted octanol–water partition coefficient (Wildman–Crippen LogP) is 1.19. The molecule has 0 bridgehead atoms. The Labute approximate surface area is 74.0 Å². The number of hydrogen-bond acceptors (Lipinski definition) is 4. The van der Waals surface area contributed by atoms with Crippen molar-refractivity contribution in [1.82, 2.24) is 0 Å². The SMILES string of the molecule is O=[N+]([O-])Cc1ccc2c(c1)OCO2. The van der Waals surface area contributed by atoms with Crippen molar-refractivity contribution in [3.63, 3.8) is 0 Å². The minimum Gasteiger partial charge on any atom is -0.454 e. The first-order valence-electron chi connectivity index (χ1n) is 3.76. The van der Waals surface area contributed by atoms with Gasteiger partial charge in [0, 0.05) is 10.5 Å². The monoisotopic (exact) mass is 181 g/mol. The van der Waals surface area contributed by atoms with Gasteiger partial charge in [-0.25, -0.2) is 0 Å². The molecule has 68 valence electrons. The van der Waals surface area contributed by atoms with Gasteiger partial charge in [-0.3, -0.25) is 10.1 Å². The van der Waals surface area contributed by atoms with E-state index in [1.54, 1.807) is 18.2 Å². The summed E-state index contributed by atoms with van der Waals surface area (Å²) in [7, 11) is 0. The molecule has 0 saturated heterocycles. The van der Waals surface area contributed by atoms with E-state index in [2.05, 4.69) is 0 Å². The molecular formula is C8H7NO4. The first-order chi connectivity index (χ1) is 6.25. The topological polar surface area (TPSA) is 61.6 Å². The lowest BCUT2D eigenvalue weighted by atomic mass is 10.2. The Balaban J connectivity index is 2.25. The van der Waals surface area contributed by atoms with Crippen LogP contribution >= 0.6 is 0 Å². The van der Waals surface area contributed by atoms with E-state index in [0.29, 0.717) is 17.1 Å². The van der Waals surface area contributed by atoms with E-state index >= 15 is 0 Å². The third-order valence-electron chi connectivity index (χ3n) is 1.75. The second-order valence-electron chi connectivity index (χ2n) is 2.68. The molecule has 0 aliphatic carbocycles. The molecule has 1 aromatic carbocycles. The van der Waals surface area contributed by atoms with Crippen molar-refractivity contribution in [2.45, 2.75) is 6.54 Å². The molecule has 1 aliphatic rings. The van der Waals surface area contributed by atoms with Gasteiger partial charge in [0.05, 0.1) is 0 Å². The normalized spacial score (nSPS) is 12.9. The van der Waals surface area contributed by atoms with Gasteiger partial charge in [0.25, 0.3) is 0 Å². The molecular weight excluding hydrogens is 174 g/mol. The largest absolute Gasteiger partial charge is 0.454 e. The van der Waals surface area contributed by atoms with Crippen LogP contribution < -0.4 is 9.47 Å². The Bertz CT molecular complexity index is 350. The van der Waals surface area contributed by atoms with Gasteiger partial charge >= 0.3 is 0 Å². The summed E-state index contributed by atoms with van der Waals surface area (Å²) in [5.74, 6) is 1.23. The number of rotatable bonds is 2. The number of nitro groups is 1. The Kier molecular flexibility index (Phi) is 1.77. The van der Waals surface area contributed by atoms with Crippen LogP contribution in [0.4, 0.5) is 0 Å². The molecule has 0 fully saturated rings. The molecule has 0 aromatic heterocycles. The lowest BCUT2D eigenvalue weighted by Crippen LogP contribution is -1.97. The van der Waals surface area contributed by atoms with Gasteiger partial charge in [0.2, 0.25) is 13.3 Å². The molecule has 1 aliphatic heterocycles. The highest BCUT2D eigenvalue weighted by Crippen LogP contribution is 2.32. The summed E-state index contributed by atoms with van der Waals surface area (Å²) in [6.07, 6.45) is 0. The van der Waals surface area contributed by atoms with Crippen LogP contribution in [0, 0.1) is 10.1 Å². The fourth-order valence-electron chi connectivity index (χ4n) is 1.19. The number of hydrogen-bond donors (Lipinski definition) is 0. The van der Waals surface area contributed by atoms with Crippen molar-refractivity contribution in [2.75, 3.05) is 6.79 Å². The van der Waals surface area contributed by atoms with Crippen LogP contribution in [-0.2, 0) is 6.54 Å². The molecule has 0 radical (unpaired) electrons. The third-order valence-corrected chi connectivity index (χ3v) is 1.75. The molecule has 2 rings (SSSR count). The fraction of sp³-hybridized carbons (Fsp3) is 0.250. The Morgan fingerprint density at radius 3 is 2.92 bits per heavy atom. The highest BCUT2D eigenvalue weighted by atomic mass is 16.7. The smallest absolute Gasteiger partial charge is 0.231 e. The van der Waals surface area contributed by atoms with Crippen LogP contribution in [0.25, 0.3) is 0 Å². The van der Waals surface area contributed by atoms with E-state index in [1.807, 2.05) is 0 Å². The van der Waals surface area contributed by atoms with Gasteiger partial charge in [0.1, 0.15) is 0 Å². The van der Waals surface area contributed by atoms with Crippen LogP contribution in [0.1, 0.15) is 5.56 Å². The van der Waals surface area contributed by atoms with Gasteiger partial charge in [-0.2, -0.15) is 0 Å². The van der Waals surface area contributed by atoms with Gasteiger partial charge < -0.3 is 9.47 Å². The van der Waals surface area contributed by atoms with E-state index in [1.165, 1.54) is 0 Å². The van der Waals surface area contributed by atoms with E-state index in [-0.39, 0.29) is 18.3 Å². The molecule has 1 aromatic rings.